The lowest BCUT2D eigenvalue weighted by atomic mass is 9.80. The van der Waals surface area contributed by atoms with Crippen LogP contribution in [-0.4, -0.2) is 48.2 Å². The molecule has 0 saturated heterocycles. The maximum Gasteiger partial charge on any atom is 0.330 e. The van der Waals surface area contributed by atoms with Crippen molar-refractivity contribution in [2.45, 2.75) is 25.4 Å². The van der Waals surface area contributed by atoms with Gasteiger partial charge in [-0.1, -0.05) is 54.6 Å². The number of benzene rings is 3. The Kier molecular flexibility index (Phi) is 8.98. The Bertz CT molecular complexity index is 1420. The third-order valence-corrected chi connectivity index (χ3v) is 6.50. The topological polar surface area (TPSA) is 112 Å². The first kappa shape index (κ1) is 27.8. The molecule has 0 amide bonds. The molecule has 0 saturated carbocycles. The third kappa shape index (κ3) is 6.12. The Morgan fingerprint density at radius 2 is 1.38 bits per heavy atom. The second-order valence-electron chi connectivity index (χ2n) is 8.96. The molecule has 0 unspecified atom stereocenters. The number of aliphatic hydroxyl groups excluding tert-OH is 1. The van der Waals surface area contributed by atoms with Crippen LogP contribution in [0.3, 0.4) is 0 Å². The average molecular weight is 533 g/mol. The van der Waals surface area contributed by atoms with E-state index in [1.807, 2.05) is 78.9 Å². The fraction of sp³-hybridized carbons (Fsp3) is 0.267. The molecule has 1 atom stereocenters. The molecule has 9 heteroatoms. The molecule has 4 aromatic rings. The average Bonchev–Trinajstić information content (AvgIpc) is 2.98. The molecule has 9 nitrogen and oxygen atoms in total. The lowest BCUT2D eigenvalue weighted by Gasteiger charge is -2.37. The molecule has 2 N–H and O–H groups in total. The highest BCUT2D eigenvalue weighted by molar-refractivity contribution is 5.49. The number of aromatic amines is 1. The number of aliphatic hydroxyl groups is 1. The smallest absolute Gasteiger partial charge is 0.330 e. The number of aryl methyl sites for hydroxylation is 1. The van der Waals surface area contributed by atoms with Crippen molar-refractivity contribution in [1.29, 1.82) is 0 Å². The van der Waals surface area contributed by atoms with Gasteiger partial charge in [0.15, 0.2) is 0 Å². The van der Waals surface area contributed by atoms with Crippen LogP contribution in [0, 0.1) is 6.92 Å². The van der Waals surface area contributed by atoms with E-state index in [2.05, 4.69) is 4.98 Å². The summed E-state index contributed by atoms with van der Waals surface area (Å²) in [5, 5.41) is 10.1. The molecule has 0 aliphatic heterocycles. The van der Waals surface area contributed by atoms with Gasteiger partial charge in [-0.15, -0.1) is 0 Å². The molecular weight excluding hydrogens is 500 g/mol. The molecule has 39 heavy (non-hydrogen) atoms. The van der Waals surface area contributed by atoms with E-state index in [0.29, 0.717) is 17.1 Å². The molecule has 0 spiro atoms. The molecule has 204 valence electrons. The van der Waals surface area contributed by atoms with E-state index in [9.17, 15) is 14.7 Å². The van der Waals surface area contributed by atoms with Crippen molar-refractivity contribution in [1.82, 2.24) is 9.55 Å². The van der Waals surface area contributed by atoms with Gasteiger partial charge in [-0.25, -0.2) is 4.79 Å². The van der Waals surface area contributed by atoms with Gasteiger partial charge in [0, 0.05) is 11.8 Å². The lowest BCUT2D eigenvalue weighted by Crippen LogP contribution is -2.38. The first-order valence-corrected chi connectivity index (χ1v) is 12.4. The predicted molar refractivity (Wildman–Crippen MR) is 146 cm³/mol. The Morgan fingerprint density at radius 3 is 1.90 bits per heavy atom. The van der Waals surface area contributed by atoms with Gasteiger partial charge in [0.25, 0.3) is 5.56 Å². The van der Waals surface area contributed by atoms with Crippen LogP contribution < -0.4 is 20.7 Å². The molecular formula is C30H32N2O7. The predicted octanol–water partition coefficient (Wildman–Crippen LogP) is 3.21. The van der Waals surface area contributed by atoms with Crippen LogP contribution in [-0.2, 0) is 21.8 Å². The minimum atomic E-state index is -1.08. The maximum atomic E-state index is 12.2. The molecule has 0 radical (unpaired) electrons. The number of methoxy groups -OCH3 is 2. The Balaban J connectivity index is 1.72. The van der Waals surface area contributed by atoms with Gasteiger partial charge >= 0.3 is 5.69 Å². The second-order valence-corrected chi connectivity index (χ2v) is 8.96. The minimum absolute atomic E-state index is 0.0134. The Morgan fingerprint density at radius 1 is 0.846 bits per heavy atom. The molecule has 1 heterocycles. The number of nitrogens with one attached hydrogen (secondary N) is 1. The van der Waals surface area contributed by atoms with Crippen LogP contribution in [0.15, 0.2) is 94.6 Å². The SMILES string of the molecule is COc1ccc(C(OC[C@H](CO)OCn2cc(C)c(=O)[nH]c2=O)(c2ccccc2)c2ccc(OC)cc2)cc1. The minimum Gasteiger partial charge on any atom is -0.497 e. The van der Waals surface area contributed by atoms with Crippen molar-refractivity contribution in [3.63, 3.8) is 0 Å². The molecule has 0 fully saturated rings. The van der Waals surface area contributed by atoms with E-state index < -0.39 is 23.0 Å². The standard InChI is InChI=1S/C30H32N2O7/c1-21-17-32(29(35)31-28(21)34)20-38-27(18-33)19-39-30(22-7-5-4-6-8-22,23-9-13-25(36-2)14-10-23)24-11-15-26(37-3)16-12-24/h4-17,27,33H,18-20H2,1-3H3,(H,31,34,35)/t27-/m0/s1. The summed E-state index contributed by atoms with van der Waals surface area (Å²) in [6.45, 7) is 1.06. The van der Waals surface area contributed by atoms with Crippen molar-refractivity contribution in [2.24, 2.45) is 0 Å². The van der Waals surface area contributed by atoms with Crippen molar-refractivity contribution < 1.29 is 24.1 Å². The molecule has 4 rings (SSSR count). The van der Waals surface area contributed by atoms with Gasteiger partial charge < -0.3 is 24.1 Å². The van der Waals surface area contributed by atoms with Gasteiger partial charge in [-0.3, -0.25) is 14.3 Å². The first-order valence-electron chi connectivity index (χ1n) is 12.4. The van der Waals surface area contributed by atoms with Crippen LogP contribution in [0.2, 0.25) is 0 Å². The summed E-state index contributed by atoms with van der Waals surface area (Å²) in [6.07, 6.45) is 0.642. The number of aromatic nitrogens is 2. The summed E-state index contributed by atoms with van der Waals surface area (Å²) in [5.41, 5.74) is 0.777. The van der Waals surface area contributed by atoms with E-state index >= 15 is 0 Å². The number of hydrogen-bond acceptors (Lipinski definition) is 7. The quantitative estimate of drug-likeness (QED) is 0.270. The largest absolute Gasteiger partial charge is 0.497 e. The van der Waals surface area contributed by atoms with Crippen LogP contribution in [0.4, 0.5) is 0 Å². The van der Waals surface area contributed by atoms with Crippen LogP contribution in [0.5, 0.6) is 11.5 Å². The van der Waals surface area contributed by atoms with E-state index in [4.69, 9.17) is 18.9 Å². The number of rotatable bonds is 12. The van der Waals surface area contributed by atoms with Crippen LogP contribution in [0.1, 0.15) is 22.3 Å². The Labute approximate surface area is 226 Å². The fourth-order valence-corrected chi connectivity index (χ4v) is 4.35. The summed E-state index contributed by atoms with van der Waals surface area (Å²) in [6, 6.07) is 25.0. The van der Waals surface area contributed by atoms with Gasteiger partial charge in [0.05, 0.1) is 27.4 Å². The van der Waals surface area contributed by atoms with Crippen molar-refractivity contribution in [2.75, 3.05) is 27.4 Å². The number of hydrogen-bond donors (Lipinski definition) is 2. The summed E-state index contributed by atoms with van der Waals surface area (Å²) in [4.78, 5) is 26.1. The number of nitrogens with zero attached hydrogens (tertiary/aromatic N) is 1. The molecule has 0 bridgehead atoms. The second kappa shape index (κ2) is 12.6. The fourth-order valence-electron chi connectivity index (χ4n) is 4.35. The molecule has 1 aromatic heterocycles. The number of H-pyrrole nitrogens is 1. The zero-order valence-electron chi connectivity index (χ0n) is 22.1. The monoisotopic (exact) mass is 532 g/mol. The Hall–Kier alpha value is -4.18. The molecule has 0 aliphatic carbocycles. The van der Waals surface area contributed by atoms with Crippen molar-refractivity contribution in [3.8, 4) is 11.5 Å². The van der Waals surface area contributed by atoms with E-state index in [0.717, 1.165) is 16.7 Å². The highest BCUT2D eigenvalue weighted by Gasteiger charge is 2.38. The van der Waals surface area contributed by atoms with Gasteiger partial charge in [0.2, 0.25) is 0 Å². The summed E-state index contributed by atoms with van der Waals surface area (Å²) >= 11 is 0. The third-order valence-electron chi connectivity index (χ3n) is 6.50. The van der Waals surface area contributed by atoms with Gasteiger partial charge in [0.1, 0.15) is 29.9 Å². The zero-order valence-corrected chi connectivity index (χ0v) is 22.1. The maximum absolute atomic E-state index is 12.2. The van der Waals surface area contributed by atoms with Gasteiger partial charge in [-0.2, -0.15) is 0 Å². The molecule has 3 aromatic carbocycles. The zero-order chi connectivity index (χ0) is 27.8. The molecule has 0 aliphatic rings. The highest BCUT2D eigenvalue weighted by Crippen LogP contribution is 2.41. The first-order chi connectivity index (χ1) is 18.9. The van der Waals surface area contributed by atoms with E-state index in [1.165, 1.54) is 10.8 Å². The highest BCUT2D eigenvalue weighted by atomic mass is 16.6. The van der Waals surface area contributed by atoms with E-state index in [-0.39, 0.29) is 19.9 Å². The van der Waals surface area contributed by atoms with Crippen molar-refractivity contribution >= 4 is 0 Å². The van der Waals surface area contributed by atoms with Crippen LogP contribution >= 0.6 is 0 Å². The normalized spacial score (nSPS) is 12.2. The van der Waals surface area contributed by atoms with Crippen molar-refractivity contribution in [3.05, 3.63) is 128 Å². The summed E-state index contributed by atoms with van der Waals surface area (Å²) < 4.78 is 24.6. The number of ether oxygens (including phenoxy) is 4. The van der Waals surface area contributed by atoms with Crippen LogP contribution in [0.25, 0.3) is 0 Å². The van der Waals surface area contributed by atoms with E-state index in [1.54, 1.807) is 21.1 Å². The summed E-state index contributed by atoms with van der Waals surface area (Å²) in [7, 11) is 3.22. The lowest BCUT2D eigenvalue weighted by molar-refractivity contribution is -0.0984. The summed E-state index contributed by atoms with van der Waals surface area (Å²) in [5.74, 6) is 1.40. The van der Waals surface area contributed by atoms with Gasteiger partial charge in [-0.05, 0) is 47.9 Å².